The maximum Gasteiger partial charge on any atom is 0.253 e. The summed E-state index contributed by atoms with van der Waals surface area (Å²) in [6, 6.07) is 1.81. The van der Waals surface area contributed by atoms with Crippen molar-refractivity contribution in [2.45, 2.75) is 37.5 Å². The first-order valence-corrected chi connectivity index (χ1v) is 7.88. The second kappa shape index (κ2) is 6.48. The molecule has 0 aromatic carbocycles. The van der Waals surface area contributed by atoms with Crippen LogP contribution in [0.15, 0.2) is 12.3 Å². The SMILES string of the molecule is CCSC1CCCC1NC(=O)c1cnc(N)c(Cl)c1. The van der Waals surface area contributed by atoms with Gasteiger partial charge in [0.05, 0.1) is 10.6 Å². The Bertz CT molecular complexity index is 469. The summed E-state index contributed by atoms with van der Waals surface area (Å²) in [7, 11) is 0. The fraction of sp³-hybridized carbons (Fsp3) is 0.538. The molecule has 104 valence electrons. The van der Waals surface area contributed by atoms with Crippen LogP contribution >= 0.6 is 23.4 Å². The predicted molar refractivity (Wildman–Crippen MR) is 80.7 cm³/mol. The van der Waals surface area contributed by atoms with E-state index in [-0.39, 0.29) is 17.8 Å². The molecule has 6 heteroatoms. The molecular weight excluding hydrogens is 282 g/mol. The van der Waals surface area contributed by atoms with Crippen molar-refractivity contribution in [1.82, 2.24) is 10.3 Å². The van der Waals surface area contributed by atoms with Gasteiger partial charge in [0.1, 0.15) is 5.82 Å². The third kappa shape index (κ3) is 3.54. The molecule has 0 saturated heterocycles. The first-order valence-electron chi connectivity index (χ1n) is 6.45. The van der Waals surface area contributed by atoms with Crippen LogP contribution in [0.1, 0.15) is 36.5 Å². The van der Waals surface area contributed by atoms with Crippen LogP contribution in [0, 0.1) is 0 Å². The Morgan fingerprint density at radius 3 is 3.11 bits per heavy atom. The molecule has 1 aliphatic rings. The zero-order valence-corrected chi connectivity index (χ0v) is 12.4. The lowest BCUT2D eigenvalue weighted by molar-refractivity contribution is 0.0938. The first kappa shape index (κ1) is 14.5. The lowest BCUT2D eigenvalue weighted by Crippen LogP contribution is -2.38. The summed E-state index contributed by atoms with van der Waals surface area (Å²) < 4.78 is 0. The van der Waals surface area contributed by atoms with E-state index in [1.807, 2.05) is 11.8 Å². The van der Waals surface area contributed by atoms with Crippen LogP contribution in [0.5, 0.6) is 0 Å². The number of thioether (sulfide) groups is 1. The van der Waals surface area contributed by atoms with Crippen molar-refractivity contribution in [3.05, 3.63) is 22.8 Å². The molecule has 2 unspecified atom stereocenters. The van der Waals surface area contributed by atoms with E-state index >= 15 is 0 Å². The average Bonchev–Trinajstić information content (AvgIpc) is 2.80. The third-order valence-corrected chi connectivity index (χ3v) is 4.91. The highest BCUT2D eigenvalue weighted by Gasteiger charge is 2.28. The van der Waals surface area contributed by atoms with Gasteiger partial charge < -0.3 is 11.1 Å². The van der Waals surface area contributed by atoms with Crippen molar-refractivity contribution in [1.29, 1.82) is 0 Å². The predicted octanol–water partition coefficient (Wildman–Crippen LogP) is 2.72. The topological polar surface area (TPSA) is 68.0 Å². The summed E-state index contributed by atoms with van der Waals surface area (Å²) in [5.41, 5.74) is 6.00. The van der Waals surface area contributed by atoms with Gasteiger partial charge in [0.15, 0.2) is 0 Å². The van der Waals surface area contributed by atoms with Gasteiger partial charge >= 0.3 is 0 Å². The number of anilines is 1. The minimum Gasteiger partial charge on any atom is -0.382 e. The molecule has 0 bridgehead atoms. The number of hydrogen-bond donors (Lipinski definition) is 2. The Morgan fingerprint density at radius 2 is 2.42 bits per heavy atom. The molecule has 2 atom stereocenters. The number of aromatic nitrogens is 1. The fourth-order valence-electron chi connectivity index (χ4n) is 2.33. The van der Waals surface area contributed by atoms with E-state index < -0.39 is 0 Å². The van der Waals surface area contributed by atoms with E-state index in [0.29, 0.717) is 15.8 Å². The summed E-state index contributed by atoms with van der Waals surface area (Å²) in [5, 5.41) is 3.92. The van der Waals surface area contributed by atoms with Crippen LogP contribution in [-0.2, 0) is 0 Å². The molecule has 1 aliphatic carbocycles. The summed E-state index contributed by atoms with van der Waals surface area (Å²) in [6.45, 7) is 2.14. The number of hydrogen-bond acceptors (Lipinski definition) is 4. The number of pyridine rings is 1. The van der Waals surface area contributed by atoms with Crippen molar-refractivity contribution in [2.24, 2.45) is 0 Å². The molecule has 0 aliphatic heterocycles. The summed E-state index contributed by atoms with van der Waals surface area (Å²) in [6.07, 6.45) is 4.85. The van der Waals surface area contributed by atoms with Gasteiger partial charge in [-0.2, -0.15) is 11.8 Å². The normalized spacial score (nSPS) is 22.4. The van der Waals surface area contributed by atoms with E-state index in [9.17, 15) is 4.79 Å². The van der Waals surface area contributed by atoms with Crippen molar-refractivity contribution in [3.8, 4) is 0 Å². The molecular formula is C13H18ClN3OS. The van der Waals surface area contributed by atoms with Gasteiger partial charge in [0.25, 0.3) is 5.91 Å². The van der Waals surface area contributed by atoms with Gasteiger partial charge in [-0.15, -0.1) is 0 Å². The molecule has 0 spiro atoms. The van der Waals surface area contributed by atoms with Crippen LogP contribution in [0.4, 0.5) is 5.82 Å². The molecule has 19 heavy (non-hydrogen) atoms. The standard InChI is InChI=1S/C13H18ClN3OS/c1-2-19-11-5-3-4-10(11)17-13(18)8-6-9(14)12(15)16-7-8/h6-7,10-11H,2-5H2,1H3,(H2,15,16)(H,17,18). The fourth-order valence-corrected chi connectivity index (χ4v) is 3.69. The minimum atomic E-state index is -0.122. The Morgan fingerprint density at radius 1 is 1.63 bits per heavy atom. The second-order valence-corrected chi connectivity index (χ2v) is 6.52. The smallest absolute Gasteiger partial charge is 0.253 e. The maximum absolute atomic E-state index is 12.2. The Kier molecular flexibility index (Phi) is 4.93. The van der Waals surface area contributed by atoms with Crippen LogP contribution in [0.25, 0.3) is 0 Å². The van der Waals surface area contributed by atoms with Crippen LogP contribution in [0.3, 0.4) is 0 Å². The van der Waals surface area contributed by atoms with E-state index in [1.54, 1.807) is 6.07 Å². The highest BCUT2D eigenvalue weighted by atomic mass is 35.5. The van der Waals surface area contributed by atoms with Gasteiger partial charge in [-0.05, 0) is 24.7 Å². The molecule has 4 nitrogen and oxygen atoms in total. The van der Waals surface area contributed by atoms with Crippen LogP contribution in [-0.4, -0.2) is 27.9 Å². The summed E-state index contributed by atoms with van der Waals surface area (Å²) >= 11 is 7.79. The summed E-state index contributed by atoms with van der Waals surface area (Å²) in [4.78, 5) is 16.1. The van der Waals surface area contributed by atoms with E-state index in [1.165, 1.54) is 19.0 Å². The van der Waals surface area contributed by atoms with Crippen molar-refractivity contribution in [3.63, 3.8) is 0 Å². The molecule has 1 heterocycles. The number of halogens is 1. The Balaban J connectivity index is 2.02. The minimum absolute atomic E-state index is 0.122. The summed E-state index contributed by atoms with van der Waals surface area (Å²) in [5.74, 6) is 1.20. The molecule has 1 saturated carbocycles. The number of nitrogens with two attached hydrogens (primary N) is 1. The van der Waals surface area contributed by atoms with Crippen molar-refractivity contribution >= 4 is 35.1 Å². The van der Waals surface area contributed by atoms with Gasteiger partial charge in [-0.1, -0.05) is 24.9 Å². The number of carbonyl (C=O) groups excluding carboxylic acids is 1. The van der Waals surface area contributed by atoms with Crippen molar-refractivity contribution in [2.75, 3.05) is 11.5 Å². The number of carbonyl (C=O) groups is 1. The van der Waals surface area contributed by atoms with E-state index in [2.05, 4.69) is 17.2 Å². The first-order chi connectivity index (χ1) is 9.11. The van der Waals surface area contributed by atoms with Crippen LogP contribution in [0.2, 0.25) is 5.02 Å². The number of amides is 1. The number of rotatable bonds is 4. The number of nitrogens with zero attached hydrogens (tertiary/aromatic N) is 1. The lowest BCUT2D eigenvalue weighted by Gasteiger charge is -2.20. The molecule has 1 aromatic heterocycles. The van der Waals surface area contributed by atoms with Gasteiger partial charge in [-0.25, -0.2) is 4.98 Å². The second-order valence-electron chi connectivity index (χ2n) is 4.60. The molecule has 3 N–H and O–H groups in total. The largest absolute Gasteiger partial charge is 0.382 e. The highest BCUT2D eigenvalue weighted by molar-refractivity contribution is 7.99. The Labute approximate surface area is 122 Å². The molecule has 1 amide bonds. The van der Waals surface area contributed by atoms with Crippen LogP contribution < -0.4 is 11.1 Å². The van der Waals surface area contributed by atoms with Gasteiger partial charge in [0.2, 0.25) is 0 Å². The highest BCUT2D eigenvalue weighted by Crippen LogP contribution is 2.30. The number of nitrogen functional groups attached to an aromatic ring is 1. The lowest BCUT2D eigenvalue weighted by atomic mass is 10.2. The third-order valence-electron chi connectivity index (χ3n) is 3.28. The average molecular weight is 300 g/mol. The molecule has 2 rings (SSSR count). The van der Waals surface area contributed by atoms with Gasteiger partial charge in [0, 0.05) is 17.5 Å². The quantitative estimate of drug-likeness (QED) is 0.897. The zero-order valence-electron chi connectivity index (χ0n) is 10.9. The molecule has 1 fully saturated rings. The number of nitrogens with one attached hydrogen (secondary N) is 1. The molecule has 0 radical (unpaired) electrons. The monoisotopic (exact) mass is 299 g/mol. The maximum atomic E-state index is 12.2. The molecule has 1 aromatic rings. The van der Waals surface area contributed by atoms with E-state index in [0.717, 1.165) is 12.2 Å². The van der Waals surface area contributed by atoms with E-state index in [4.69, 9.17) is 17.3 Å². The van der Waals surface area contributed by atoms with Gasteiger partial charge in [-0.3, -0.25) is 4.79 Å². The zero-order chi connectivity index (χ0) is 13.8. The Hall–Kier alpha value is -0.940. The van der Waals surface area contributed by atoms with Crippen molar-refractivity contribution < 1.29 is 4.79 Å².